The number of amides is 1. The van der Waals surface area contributed by atoms with E-state index in [0.717, 1.165) is 31.5 Å². The van der Waals surface area contributed by atoms with E-state index >= 15 is 0 Å². The Kier molecular flexibility index (Phi) is 3.77. The third-order valence-electron chi connectivity index (χ3n) is 3.38. The molecule has 0 radical (unpaired) electrons. The number of aromatic nitrogens is 1. The van der Waals surface area contributed by atoms with Crippen molar-refractivity contribution >= 4 is 11.7 Å². The highest BCUT2D eigenvalue weighted by atomic mass is 16.2. The van der Waals surface area contributed by atoms with Crippen LogP contribution in [0.5, 0.6) is 0 Å². The molecule has 92 valence electrons. The normalized spacial score (nSPS) is 15.0. The first-order chi connectivity index (χ1) is 8.27. The van der Waals surface area contributed by atoms with Gasteiger partial charge in [-0.15, -0.1) is 0 Å². The average molecular weight is 232 g/mol. The molecule has 0 saturated heterocycles. The zero-order valence-corrected chi connectivity index (χ0v) is 10.6. The second kappa shape index (κ2) is 5.30. The molecule has 1 fully saturated rings. The predicted octanol–water partition coefficient (Wildman–Crippen LogP) is 3.01. The summed E-state index contributed by atoms with van der Waals surface area (Å²) in [4.78, 5) is 18.7. The third kappa shape index (κ3) is 2.65. The minimum atomic E-state index is 0.137. The van der Waals surface area contributed by atoms with Crippen LogP contribution in [-0.2, 0) is 4.79 Å². The van der Waals surface area contributed by atoms with E-state index in [1.165, 1.54) is 0 Å². The van der Waals surface area contributed by atoms with Gasteiger partial charge in [0, 0.05) is 18.2 Å². The van der Waals surface area contributed by atoms with Gasteiger partial charge in [0.05, 0.1) is 0 Å². The molecule has 1 aromatic rings. The molecule has 1 saturated carbocycles. The minimum absolute atomic E-state index is 0.137. The van der Waals surface area contributed by atoms with Crippen molar-refractivity contribution in [2.45, 2.75) is 45.6 Å². The van der Waals surface area contributed by atoms with Crippen molar-refractivity contribution in [3.8, 4) is 0 Å². The Morgan fingerprint density at radius 1 is 1.41 bits per heavy atom. The Morgan fingerprint density at radius 2 is 2.12 bits per heavy atom. The highest BCUT2D eigenvalue weighted by Gasteiger charge is 2.36. The van der Waals surface area contributed by atoms with Crippen molar-refractivity contribution in [1.29, 1.82) is 0 Å². The molecule has 1 aromatic heterocycles. The Morgan fingerprint density at radius 3 is 2.59 bits per heavy atom. The third-order valence-corrected chi connectivity index (χ3v) is 3.38. The van der Waals surface area contributed by atoms with E-state index in [0.29, 0.717) is 6.04 Å². The monoisotopic (exact) mass is 232 g/mol. The van der Waals surface area contributed by atoms with Gasteiger partial charge in [-0.2, -0.15) is 0 Å². The van der Waals surface area contributed by atoms with Crippen molar-refractivity contribution in [3.63, 3.8) is 0 Å². The van der Waals surface area contributed by atoms with E-state index in [9.17, 15) is 4.79 Å². The maximum atomic E-state index is 12.5. The van der Waals surface area contributed by atoms with Gasteiger partial charge < -0.3 is 0 Å². The fourth-order valence-corrected chi connectivity index (χ4v) is 2.14. The van der Waals surface area contributed by atoms with E-state index in [4.69, 9.17) is 0 Å². The fraction of sp³-hybridized carbons (Fsp3) is 0.571. The van der Waals surface area contributed by atoms with E-state index < -0.39 is 0 Å². The number of hydrogen-bond acceptors (Lipinski definition) is 2. The topological polar surface area (TPSA) is 33.2 Å². The van der Waals surface area contributed by atoms with Gasteiger partial charge in [0.2, 0.25) is 5.91 Å². The van der Waals surface area contributed by atoms with Crippen molar-refractivity contribution in [2.24, 2.45) is 5.92 Å². The van der Waals surface area contributed by atoms with Gasteiger partial charge in [-0.05, 0) is 37.8 Å². The quantitative estimate of drug-likeness (QED) is 0.782. The molecule has 1 aliphatic carbocycles. The summed E-state index contributed by atoms with van der Waals surface area (Å²) in [6, 6.07) is 6.14. The molecule has 17 heavy (non-hydrogen) atoms. The van der Waals surface area contributed by atoms with Crippen LogP contribution in [0, 0.1) is 5.92 Å². The van der Waals surface area contributed by atoms with Crippen molar-refractivity contribution in [1.82, 2.24) is 4.98 Å². The van der Waals surface area contributed by atoms with Crippen molar-refractivity contribution in [2.75, 3.05) is 4.90 Å². The Bertz CT molecular complexity index is 369. The lowest BCUT2D eigenvalue weighted by atomic mass is 10.0. The summed E-state index contributed by atoms with van der Waals surface area (Å²) in [5.74, 6) is 1.20. The molecule has 3 nitrogen and oxygen atoms in total. The highest BCUT2D eigenvalue weighted by Crippen LogP contribution is 2.32. The highest BCUT2D eigenvalue weighted by molar-refractivity contribution is 5.95. The number of pyridine rings is 1. The summed E-state index contributed by atoms with van der Waals surface area (Å²) in [6.07, 6.45) is 5.80. The van der Waals surface area contributed by atoms with Crippen LogP contribution in [0.25, 0.3) is 0 Å². The molecule has 2 rings (SSSR count). The first-order valence-electron chi connectivity index (χ1n) is 6.52. The lowest BCUT2D eigenvalue weighted by Crippen LogP contribution is -2.38. The standard InChI is InChI=1S/C14H20N2O/c1-3-11(4-2)14(17)16(12-8-9-12)13-7-5-6-10-15-13/h5-7,10-12H,3-4,8-9H2,1-2H3. The summed E-state index contributed by atoms with van der Waals surface area (Å²) >= 11 is 0. The van der Waals surface area contributed by atoms with E-state index in [1.807, 2.05) is 23.1 Å². The second-order valence-electron chi connectivity index (χ2n) is 4.64. The molecule has 1 aliphatic rings. The molecule has 1 amide bonds. The van der Waals surface area contributed by atoms with Crippen LogP contribution in [0.15, 0.2) is 24.4 Å². The van der Waals surface area contributed by atoms with Gasteiger partial charge in [0.25, 0.3) is 0 Å². The molecule has 0 N–H and O–H groups in total. The molecule has 0 spiro atoms. The predicted molar refractivity (Wildman–Crippen MR) is 68.8 cm³/mol. The molecule has 0 aliphatic heterocycles. The molecule has 0 aromatic carbocycles. The number of carbonyl (C=O) groups is 1. The first-order valence-corrected chi connectivity index (χ1v) is 6.52. The summed E-state index contributed by atoms with van der Waals surface area (Å²) in [7, 11) is 0. The molecule has 3 heteroatoms. The summed E-state index contributed by atoms with van der Waals surface area (Å²) in [5.41, 5.74) is 0. The van der Waals surface area contributed by atoms with Crippen molar-refractivity contribution < 1.29 is 4.79 Å². The smallest absolute Gasteiger partial charge is 0.231 e. The zero-order valence-electron chi connectivity index (χ0n) is 10.6. The summed E-state index contributed by atoms with van der Waals surface area (Å²) in [5, 5.41) is 0. The minimum Gasteiger partial charge on any atom is -0.293 e. The molecule has 1 heterocycles. The largest absolute Gasteiger partial charge is 0.293 e. The Balaban J connectivity index is 2.21. The van der Waals surface area contributed by atoms with Crippen LogP contribution in [0.1, 0.15) is 39.5 Å². The average Bonchev–Trinajstić information content (AvgIpc) is 3.17. The second-order valence-corrected chi connectivity index (χ2v) is 4.64. The lowest BCUT2D eigenvalue weighted by molar-refractivity contribution is -0.122. The number of nitrogens with zero attached hydrogens (tertiary/aromatic N) is 2. The summed E-state index contributed by atoms with van der Waals surface area (Å²) in [6.45, 7) is 4.16. The van der Waals surface area contributed by atoms with Crippen molar-refractivity contribution in [3.05, 3.63) is 24.4 Å². The van der Waals surface area contributed by atoms with Gasteiger partial charge in [-0.25, -0.2) is 4.98 Å². The first kappa shape index (κ1) is 12.1. The number of hydrogen-bond donors (Lipinski definition) is 0. The van der Waals surface area contributed by atoms with Crippen LogP contribution < -0.4 is 4.90 Å². The molecule has 0 unspecified atom stereocenters. The number of rotatable bonds is 5. The van der Waals surface area contributed by atoms with Gasteiger partial charge in [0.1, 0.15) is 5.82 Å². The van der Waals surface area contributed by atoms with E-state index in [2.05, 4.69) is 18.8 Å². The molecule has 0 atom stereocenters. The number of carbonyl (C=O) groups excluding carboxylic acids is 1. The summed E-state index contributed by atoms with van der Waals surface area (Å²) < 4.78 is 0. The van der Waals surface area contributed by atoms with E-state index in [-0.39, 0.29) is 11.8 Å². The van der Waals surface area contributed by atoms with Gasteiger partial charge >= 0.3 is 0 Å². The van der Waals surface area contributed by atoms with Crippen LogP contribution in [0.4, 0.5) is 5.82 Å². The Labute approximate surface area is 103 Å². The van der Waals surface area contributed by atoms with Gasteiger partial charge in [-0.1, -0.05) is 19.9 Å². The fourth-order valence-electron chi connectivity index (χ4n) is 2.14. The van der Waals surface area contributed by atoms with Crippen LogP contribution >= 0.6 is 0 Å². The molecular formula is C14H20N2O. The van der Waals surface area contributed by atoms with E-state index in [1.54, 1.807) is 6.20 Å². The van der Waals surface area contributed by atoms with Crippen LogP contribution in [-0.4, -0.2) is 16.9 Å². The Hall–Kier alpha value is -1.38. The van der Waals surface area contributed by atoms with Gasteiger partial charge in [0.15, 0.2) is 0 Å². The SMILES string of the molecule is CCC(CC)C(=O)N(c1ccccn1)C1CC1. The zero-order chi connectivity index (χ0) is 12.3. The van der Waals surface area contributed by atoms with Crippen LogP contribution in [0.2, 0.25) is 0 Å². The lowest BCUT2D eigenvalue weighted by Gasteiger charge is -2.25. The number of anilines is 1. The maximum Gasteiger partial charge on any atom is 0.231 e. The maximum absolute atomic E-state index is 12.5. The van der Waals surface area contributed by atoms with Gasteiger partial charge in [-0.3, -0.25) is 9.69 Å². The molecular weight excluding hydrogens is 212 g/mol. The molecule has 0 bridgehead atoms. The van der Waals surface area contributed by atoms with Crippen LogP contribution in [0.3, 0.4) is 0 Å².